The van der Waals surface area contributed by atoms with Crippen LogP contribution in [0.5, 0.6) is 0 Å². The Kier molecular flexibility index (Phi) is 5.91. The van der Waals surface area contributed by atoms with E-state index in [0.717, 1.165) is 11.3 Å². The van der Waals surface area contributed by atoms with Crippen molar-refractivity contribution in [3.63, 3.8) is 0 Å². The van der Waals surface area contributed by atoms with Gasteiger partial charge in [-0.25, -0.2) is 4.79 Å². The number of carbonyl (C=O) groups excluding carboxylic acids is 2. The molecule has 1 amide bonds. The maximum Gasteiger partial charge on any atom is 0.337 e. The van der Waals surface area contributed by atoms with Crippen LogP contribution in [-0.4, -0.2) is 24.0 Å². The van der Waals surface area contributed by atoms with Gasteiger partial charge in [-0.2, -0.15) is 0 Å². The Morgan fingerprint density at radius 1 is 1.04 bits per heavy atom. The molecule has 6 nitrogen and oxygen atoms in total. The third-order valence-electron chi connectivity index (χ3n) is 4.01. The zero-order chi connectivity index (χ0) is 20.1. The minimum Gasteiger partial charge on any atom is -0.465 e. The molecule has 1 aromatic heterocycles. The third kappa shape index (κ3) is 4.66. The summed E-state index contributed by atoms with van der Waals surface area (Å²) in [6, 6.07) is 15.4. The molecule has 0 saturated heterocycles. The van der Waals surface area contributed by atoms with Gasteiger partial charge in [0.15, 0.2) is 0 Å². The fraction of sp³-hybridized carbons (Fsp3) is 0.0952. The predicted molar refractivity (Wildman–Crippen MR) is 109 cm³/mol. The number of benzene rings is 2. The van der Waals surface area contributed by atoms with Crippen LogP contribution in [0.3, 0.4) is 0 Å². The smallest absolute Gasteiger partial charge is 0.337 e. The molecule has 7 heteroatoms. The van der Waals surface area contributed by atoms with Crippen molar-refractivity contribution < 1.29 is 14.3 Å². The van der Waals surface area contributed by atoms with Crippen molar-refractivity contribution in [1.82, 2.24) is 4.98 Å². The molecule has 3 rings (SSSR count). The summed E-state index contributed by atoms with van der Waals surface area (Å²) in [4.78, 5) is 28.3. The lowest BCUT2D eigenvalue weighted by atomic mass is 10.2. The van der Waals surface area contributed by atoms with E-state index in [-0.39, 0.29) is 5.69 Å². The molecule has 0 aliphatic heterocycles. The normalized spacial score (nSPS) is 10.2. The third-order valence-corrected chi connectivity index (χ3v) is 4.25. The van der Waals surface area contributed by atoms with Crippen LogP contribution < -0.4 is 10.6 Å². The molecule has 0 aliphatic rings. The number of rotatable bonds is 5. The van der Waals surface area contributed by atoms with Crippen LogP contribution in [0, 0.1) is 6.92 Å². The minimum absolute atomic E-state index is 0.230. The summed E-state index contributed by atoms with van der Waals surface area (Å²) >= 11 is 6.05. The number of hydrogen-bond donors (Lipinski definition) is 2. The van der Waals surface area contributed by atoms with Crippen molar-refractivity contribution in [2.24, 2.45) is 0 Å². The zero-order valence-electron chi connectivity index (χ0n) is 15.3. The molecule has 0 aliphatic carbocycles. The van der Waals surface area contributed by atoms with E-state index < -0.39 is 11.9 Å². The van der Waals surface area contributed by atoms with Crippen LogP contribution in [-0.2, 0) is 4.74 Å². The predicted octanol–water partition coefficient (Wildman–Crippen LogP) is 4.83. The molecule has 1 heterocycles. The van der Waals surface area contributed by atoms with Crippen molar-refractivity contribution in [2.75, 3.05) is 17.7 Å². The Hall–Kier alpha value is -3.38. The summed E-state index contributed by atoms with van der Waals surface area (Å²) in [5, 5.41) is 6.59. The number of aromatic nitrogens is 1. The van der Waals surface area contributed by atoms with Crippen molar-refractivity contribution in [3.8, 4) is 0 Å². The van der Waals surface area contributed by atoms with Gasteiger partial charge in [-0.1, -0.05) is 23.7 Å². The Morgan fingerprint density at radius 3 is 2.64 bits per heavy atom. The van der Waals surface area contributed by atoms with Gasteiger partial charge in [-0.3, -0.25) is 9.78 Å². The number of anilines is 3. The van der Waals surface area contributed by atoms with Crippen LogP contribution in [0.15, 0.2) is 60.8 Å². The fourth-order valence-electron chi connectivity index (χ4n) is 2.55. The molecular formula is C21H18ClN3O3. The number of ether oxygens (including phenoxy) is 1. The SMILES string of the molecule is COC(=O)c1cccc(NC(=O)c2cc(Nc3cc(Cl)ccc3C)ccn2)c1. The highest BCUT2D eigenvalue weighted by Gasteiger charge is 2.11. The quantitative estimate of drug-likeness (QED) is 0.605. The van der Waals surface area contributed by atoms with Gasteiger partial charge in [-0.05, 0) is 55.0 Å². The van der Waals surface area contributed by atoms with Gasteiger partial charge in [-0.15, -0.1) is 0 Å². The topological polar surface area (TPSA) is 80.3 Å². The summed E-state index contributed by atoms with van der Waals surface area (Å²) in [7, 11) is 1.30. The monoisotopic (exact) mass is 395 g/mol. The van der Waals surface area contributed by atoms with Gasteiger partial charge in [0, 0.05) is 28.3 Å². The summed E-state index contributed by atoms with van der Waals surface area (Å²) in [5.74, 6) is -0.870. The number of aryl methyl sites for hydroxylation is 1. The van der Waals surface area contributed by atoms with Gasteiger partial charge in [0.2, 0.25) is 0 Å². The zero-order valence-corrected chi connectivity index (χ0v) is 16.1. The van der Waals surface area contributed by atoms with Gasteiger partial charge in [0.1, 0.15) is 5.69 Å². The molecule has 0 unspecified atom stereocenters. The second kappa shape index (κ2) is 8.54. The number of amides is 1. The van der Waals surface area contributed by atoms with E-state index in [9.17, 15) is 9.59 Å². The summed E-state index contributed by atoms with van der Waals surface area (Å²) in [6.07, 6.45) is 1.54. The van der Waals surface area contributed by atoms with Gasteiger partial charge in [0.05, 0.1) is 12.7 Å². The van der Waals surface area contributed by atoms with Gasteiger partial charge < -0.3 is 15.4 Å². The Labute approximate surface area is 167 Å². The standard InChI is InChI=1S/C21H18ClN3O3/c1-13-6-7-15(22)11-18(13)24-17-8-9-23-19(12-17)20(26)25-16-5-3-4-14(10-16)21(27)28-2/h3-12H,1-2H3,(H,23,24)(H,25,26). The van der Waals surface area contributed by atoms with Gasteiger partial charge >= 0.3 is 5.97 Å². The van der Waals surface area contributed by atoms with Crippen molar-refractivity contribution >= 4 is 40.5 Å². The average Bonchev–Trinajstić information content (AvgIpc) is 2.70. The van der Waals surface area contributed by atoms with Crippen molar-refractivity contribution in [3.05, 3.63) is 82.6 Å². The average molecular weight is 396 g/mol. The number of hydrogen-bond acceptors (Lipinski definition) is 5. The van der Waals surface area contributed by atoms with E-state index in [1.54, 1.807) is 42.6 Å². The first kappa shape index (κ1) is 19.4. The molecule has 0 bridgehead atoms. The van der Waals surface area contributed by atoms with Crippen molar-refractivity contribution in [1.29, 1.82) is 0 Å². The van der Waals surface area contributed by atoms with E-state index in [2.05, 4.69) is 20.4 Å². The summed E-state index contributed by atoms with van der Waals surface area (Å²) in [5.41, 5.74) is 3.61. The van der Waals surface area contributed by atoms with Crippen LogP contribution in [0.2, 0.25) is 5.02 Å². The molecule has 28 heavy (non-hydrogen) atoms. The first-order chi connectivity index (χ1) is 13.5. The molecule has 3 aromatic rings. The molecule has 0 fully saturated rings. The number of carbonyl (C=O) groups is 2. The molecule has 0 radical (unpaired) electrons. The molecule has 2 aromatic carbocycles. The highest BCUT2D eigenvalue weighted by atomic mass is 35.5. The van der Waals surface area contributed by atoms with Crippen LogP contribution in [0.1, 0.15) is 26.4 Å². The van der Waals surface area contributed by atoms with Gasteiger partial charge in [0.25, 0.3) is 5.91 Å². The van der Waals surface area contributed by atoms with Crippen LogP contribution in [0.4, 0.5) is 17.1 Å². The highest BCUT2D eigenvalue weighted by Crippen LogP contribution is 2.24. The largest absolute Gasteiger partial charge is 0.465 e. The van der Waals surface area contributed by atoms with Crippen LogP contribution in [0.25, 0.3) is 0 Å². The fourth-order valence-corrected chi connectivity index (χ4v) is 2.73. The van der Waals surface area contributed by atoms with E-state index in [1.807, 2.05) is 25.1 Å². The maximum absolute atomic E-state index is 12.6. The van der Waals surface area contributed by atoms with Crippen molar-refractivity contribution in [2.45, 2.75) is 6.92 Å². The number of pyridine rings is 1. The van der Waals surface area contributed by atoms with E-state index in [4.69, 9.17) is 11.6 Å². The number of halogens is 1. The summed E-state index contributed by atoms with van der Waals surface area (Å²) in [6.45, 7) is 1.96. The molecule has 2 N–H and O–H groups in total. The lowest BCUT2D eigenvalue weighted by molar-refractivity contribution is 0.0600. The molecule has 142 valence electrons. The Balaban J connectivity index is 1.77. The number of nitrogens with zero attached hydrogens (tertiary/aromatic N) is 1. The Bertz CT molecular complexity index is 1040. The van der Waals surface area contributed by atoms with E-state index >= 15 is 0 Å². The lowest BCUT2D eigenvalue weighted by Gasteiger charge is -2.11. The van der Waals surface area contributed by atoms with E-state index in [0.29, 0.717) is 22.0 Å². The molecular weight excluding hydrogens is 378 g/mol. The minimum atomic E-state index is -0.475. The molecule has 0 atom stereocenters. The Morgan fingerprint density at radius 2 is 1.86 bits per heavy atom. The summed E-state index contributed by atoms with van der Waals surface area (Å²) < 4.78 is 4.69. The number of nitrogens with one attached hydrogen (secondary N) is 2. The molecule has 0 spiro atoms. The number of esters is 1. The second-order valence-electron chi connectivity index (χ2n) is 6.04. The maximum atomic E-state index is 12.6. The first-order valence-electron chi connectivity index (χ1n) is 8.45. The highest BCUT2D eigenvalue weighted by molar-refractivity contribution is 6.30. The van der Waals surface area contributed by atoms with Crippen LogP contribution >= 0.6 is 11.6 Å². The van der Waals surface area contributed by atoms with E-state index in [1.165, 1.54) is 7.11 Å². The number of methoxy groups -OCH3 is 1. The second-order valence-corrected chi connectivity index (χ2v) is 6.48. The molecule has 0 saturated carbocycles. The first-order valence-corrected chi connectivity index (χ1v) is 8.83. The lowest BCUT2D eigenvalue weighted by Crippen LogP contribution is -2.14.